The predicted molar refractivity (Wildman–Crippen MR) is 72.1 cm³/mol. The van der Waals surface area contributed by atoms with Crippen LogP contribution in [0.1, 0.15) is 56.9 Å². The van der Waals surface area contributed by atoms with Crippen LogP contribution >= 0.6 is 0 Å². The van der Waals surface area contributed by atoms with E-state index in [0.717, 1.165) is 6.54 Å². The van der Waals surface area contributed by atoms with Gasteiger partial charge in [-0.25, -0.2) is 0 Å². The van der Waals surface area contributed by atoms with Gasteiger partial charge in [0.25, 0.3) is 0 Å². The SMILES string of the molecule is CCCNC1CCCCCC1c1cccnc1. The zero-order valence-electron chi connectivity index (χ0n) is 10.9. The fraction of sp³-hybridized carbons (Fsp3) is 0.667. The molecule has 2 heteroatoms. The van der Waals surface area contributed by atoms with Gasteiger partial charge in [-0.2, -0.15) is 0 Å². The Kier molecular flexibility index (Phi) is 4.99. The summed E-state index contributed by atoms with van der Waals surface area (Å²) in [7, 11) is 0. The van der Waals surface area contributed by atoms with E-state index in [-0.39, 0.29) is 0 Å². The Morgan fingerprint density at radius 2 is 2.18 bits per heavy atom. The van der Waals surface area contributed by atoms with Gasteiger partial charge in [-0.05, 0) is 37.4 Å². The quantitative estimate of drug-likeness (QED) is 0.804. The van der Waals surface area contributed by atoms with Crippen molar-refractivity contribution in [2.75, 3.05) is 6.54 Å². The second-order valence-electron chi connectivity index (χ2n) is 5.09. The van der Waals surface area contributed by atoms with Crippen LogP contribution in [0.15, 0.2) is 24.5 Å². The summed E-state index contributed by atoms with van der Waals surface area (Å²) in [6.07, 6.45) is 11.9. The first-order valence-electron chi connectivity index (χ1n) is 7.05. The number of rotatable bonds is 4. The first kappa shape index (κ1) is 12.6. The average molecular weight is 232 g/mol. The summed E-state index contributed by atoms with van der Waals surface area (Å²) in [5.41, 5.74) is 1.42. The first-order chi connectivity index (χ1) is 8.42. The number of aromatic nitrogens is 1. The van der Waals surface area contributed by atoms with Crippen molar-refractivity contribution in [3.63, 3.8) is 0 Å². The maximum absolute atomic E-state index is 4.28. The molecule has 1 fully saturated rings. The van der Waals surface area contributed by atoms with E-state index < -0.39 is 0 Å². The second kappa shape index (κ2) is 6.75. The van der Waals surface area contributed by atoms with E-state index in [1.54, 1.807) is 0 Å². The van der Waals surface area contributed by atoms with Gasteiger partial charge in [-0.15, -0.1) is 0 Å². The zero-order valence-corrected chi connectivity index (χ0v) is 10.9. The van der Waals surface area contributed by atoms with Crippen LogP contribution in [-0.2, 0) is 0 Å². The lowest BCUT2D eigenvalue weighted by Gasteiger charge is -2.26. The van der Waals surface area contributed by atoms with Crippen molar-refractivity contribution in [1.82, 2.24) is 10.3 Å². The Hall–Kier alpha value is -0.890. The van der Waals surface area contributed by atoms with E-state index in [0.29, 0.717) is 12.0 Å². The highest BCUT2D eigenvalue weighted by Gasteiger charge is 2.24. The van der Waals surface area contributed by atoms with E-state index in [9.17, 15) is 0 Å². The van der Waals surface area contributed by atoms with E-state index >= 15 is 0 Å². The minimum Gasteiger partial charge on any atom is -0.313 e. The summed E-state index contributed by atoms with van der Waals surface area (Å²) in [5.74, 6) is 0.665. The number of pyridine rings is 1. The fourth-order valence-electron chi connectivity index (χ4n) is 2.88. The molecule has 1 aliphatic carbocycles. The van der Waals surface area contributed by atoms with Crippen molar-refractivity contribution < 1.29 is 0 Å². The summed E-state index contributed by atoms with van der Waals surface area (Å²) in [6.45, 7) is 3.38. The van der Waals surface area contributed by atoms with Crippen LogP contribution in [0.3, 0.4) is 0 Å². The van der Waals surface area contributed by atoms with E-state index in [2.05, 4.69) is 35.6 Å². The third kappa shape index (κ3) is 3.53. The highest BCUT2D eigenvalue weighted by molar-refractivity contribution is 5.17. The molecule has 2 rings (SSSR count). The molecule has 0 saturated heterocycles. The van der Waals surface area contributed by atoms with E-state index in [1.165, 1.54) is 44.1 Å². The van der Waals surface area contributed by atoms with Gasteiger partial charge in [0.15, 0.2) is 0 Å². The molecule has 94 valence electrons. The van der Waals surface area contributed by atoms with Crippen molar-refractivity contribution in [3.8, 4) is 0 Å². The molecule has 0 amide bonds. The molecular weight excluding hydrogens is 208 g/mol. The molecule has 2 nitrogen and oxygen atoms in total. The van der Waals surface area contributed by atoms with Gasteiger partial charge in [0, 0.05) is 24.4 Å². The highest BCUT2D eigenvalue weighted by atomic mass is 14.9. The molecule has 1 heterocycles. The average Bonchev–Trinajstić information content (AvgIpc) is 2.62. The Labute approximate surface area is 105 Å². The third-order valence-electron chi connectivity index (χ3n) is 3.79. The minimum absolute atomic E-state index is 0.654. The molecule has 1 aliphatic rings. The van der Waals surface area contributed by atoms with E-state index in [1.807, 2.05) is 6.20 Å². The van der Waals surface area contributed by atoms with Crippen molar-refractivity contribution in [2.45, 2.75) is 57.4 Å². The fourth-order valence-corrected chi connectivity index (χ4v) is 2.88. The summed E-state index contributed by atoms with van der Waals surface area (Å²) >= 11 is 0. The molecule has 0 bridgehead atoms. The molecule has 0 spiro atoms. The van der Waals surface area contributed by atoms with Crippen LogP contribution in [0.2, 0.25) is 0 Å². The minimum atomic E-state index is 0.654. The molecule has 2 atom stereocenters. The van der Waals surface area contributed by atoms with Crippen LogP contribution in [0.4, 0.5) is 0 Å². The molecule has 0 aromatic carbocycles. The summed E-state index contributed by atoms with van der Waals surface area (Å²) in [5, 5.41) is 3.73. The predicted octanol–water partition coefficient (Wildman–Crippen LogP) is 3.50. The Balaban J connectivity index is 2.08. The van der Waals surface area contributed by atoms with Crippen molar-refractivity contribution in [2.24, 2.45) is 0 Å². The van der Waals surface area contributed by atoms with Gasteiger partial charge in [0.2, 0.25) is 0 Å². The monoisotopic (exact) mass is 232 g/mol. The molecule has 0 aliphatic heterocycles. The third-order valence-corrected chi connectivity index (χ3v) is 3.79. The first-order valence-corrected chi connectivity index (χ1v) is 7.05. The Morgan fingerprint density at radius 1 is 1.29 bits per heavy atom. The van der Waals surface area contributed by atoms with E-state index in [4.69, 9.17) is 0 Å². The number of nitrogens with one attached hydrogen (secondary N) is 1. The van der Waals surface area contributed by atoms with Gasteiger partial charge in [-0.1, -0.05) is 32.3 Å². The van der Waals surface area contributed by atoms with Crippen LogP contribution < -0.4 is 5.32 Å². The van der Waals surface area contributed by atoms with Crippen molar-refractivity contribution in [3.05, 3.63) is 30.1 Å². The number of hydrogen-bond acceptors (Lipinski definition) is 2. The topological polar surface area (TPSA) is 24.9 Å². The number of nitrogens with zero attached hydrogens (tertiary/aromatic N) is 1. The zero-order chi connectivity index (χ0) is 11.9. The summed E-state index contributed by atoms with van der Waals surface area (Å²) in [6, 6.07) is 4.96. The van der Waals surface area contributed by atoms with Gasteiger partial charge < -0.3 is 5.32 Å². The normalized spacial score (nSPS) is 25.5. The molecule has 1 N–H and O–H groups in total. The van der Waals surface area contributed by atoms with Crippen LogP contribution in [-0.4, -0.2) is 17.6 Å². The summed E-state index contributed by atoms with van der Waals surface area (Å²) in [4.78, 5) is 4.28. The maximum Gasteiger partial charge on any atom is 0.0303 e. The number of hydrogen-bond donors (Lipinski definition) is 1. The van der Waals surface area contributed by atoms with Crippen LogP contribution in [0, 0.1) is 0 Å². The molecule has 2 unspecified atom stereocenters. The lowest BCUT2D eigenvalue weighted by Crippen LogP contribution is -2.34. The molecular formula is C15H24N2. The Bertz CT molecular complexity index is 310. The molecule has 1 aromatic heterocycles. The molecule has 0 radical (unpaired) electrons. The Morgan fingerprint density at radius 3 is 2.94 bits per heavy atom. The lowest BCUT2D eigenvalue weighted by atomic mass is 9.88. The molecule has 1 saturated carbocycles. The van der Waals surface area contributed by atoms with Crippen LogP contribution in [0.25, 0.3) is 0 Å². The maximum atomic E-state index is 4.28. The van der Waals surface area contributed by atoms with Crippen LogP contribution in [0.5, 0.6) is 0 Å². The standard InChI is InChI=1S/C15H24N2/c1-2-10-17-15-9-5-3-4-8-14(15)13-7-6-11-16-12-13/h6-7,11-12,14-15,17H,2-5,8-10H2,1H3. The second-order valence-corrected chi connectivity index (χ2v) is 5.09. The highest BCUT2D eigenvalue weighted by Crippen LogP contribution is 2.31. The largest absolute Gasteiger partial charge is 0.313 e. The van der Waals surface area contributed by atoms with Gasteiger partial charge in [0.05, 0.1) is 0 Å². The molecule has 1 aromatic rings. The van der Waals surface area contributed by atoms with Gasteiger partial charge >= 0.3 is 0 Å². The molecule has 17 heavy (non-hydrogen) atoms. The smallest absolute Gasteiger partial charge is 0.0303 e. The van der Waals surface area contributed by atoms with Gasteiger partial charge in [0.1, 0.15) is 0 Å². The van der Waals surface area contributed by atoms with Crippen molar-refractivity contribution >= 4 is 0 Å². The van der Waals surface area contributed by atoms with Crippen molar-refractivity contribution in [1.29, 1.82) is 0 Å². The lowest BCUT2D eigenvalue weighted by molar-refractivity contribution is 0.410. The van der Waals surface area contributed by atoms with Gasteiger partial charge in [-0.3, -0.25) is 4.98 Å². The summed E-state index contributed by atoms with van der Waals surface area (Å²) < 4.78 is 0.